The highest BCUT2D eigenvalue weighted by molar-refractivity contribution is 5.87. The first kappa shape index (κ1) is 19.3. The van der Waals surface area contributed by atoms with Gasteiger partial charge in [0.05, 0.1) is 5.52 Å². The molecule has 0 spiro atoms. The van der Waals surface area contributed by atoms with E-state index in [0.29, 0.717) is 38.1 Å². The molecule has 0 bridgehead atoms. The van der Waals surface area contributed by atoms with Crippen molar-refractivity contribution < 1.29 is 4.79 Å². The van der Waals surface area contributed by atoms with Gasteiger partial charge in [-0.1, -0.05) is 31.2 Å². The maximum Gasteiger partial charge on any atom is 0.291 e. The predicted octanol–water partition coefficient (Wildman–Crippen LogP) is 1.96. The van der Waals surface area contributed by atoms with E-state index in [-0.39, 0.29) is 18.0 Å². The van der Waals surface area contributed by atoms with Crippen LogP contribution in [-0.4, -0.2) is 56.2 Å². The van der Waals surface area contributed by atoms with Crippen LogP contribution in [0.5, 0.6) is 0 Å². The van der Waals surface area contributed by atoms with Crippen LogP contribution in [0.1, 0.15) is 12.7 Å². The van der Waals surface area contributed by atoms with Gasteiger partial charge in [-0.15, -0.1) is 0 Å². The lowest BCUT2D eigenvalue weighted by molar-refractivity contribution is -0.132. The first-order valence-electron chi connectivity index (χ1n) is 10.6. The molecule has 1 aromatic carbocycles. The lowest BCUT2D eigenvalue weighted by Gasteiger charge is -2.35. The molecular formula is C23H24N6O2. The molecule has 1 aliphatic rings. The summed E-state index contributed by atoms with van der Waals surface area (Å²) in [5.74, 6) is 1.60. The van der Waals surface area contributed by atoms with E-state index in [0.717, 1.165) is 22.5 Å². The number of fused-ring (bicyclic) bond motifs is 3. The molecule has 1 amide bonds. The van der Waals surface area contributed by atoms with Gasteiger partial charge in [-0.2, -0.15) is 5.10 Å². The average molecular weight is 416 g/mol. The molecule has 8 nitrogen and oxygen atoms in total. The van der Waals surface area contributed by atoms with Gasteiger partial charge in [-0.05, 0) is 24.3 Å². The van der Waals surface area contributed by atoms with Crippen molar-refractivity contribution in [3.8, 4) is 0 Å². The van der Waals surface area contributed by atoms with E-state index in [4.69, 9.17) is 0 Å². The van der Waals surface area contributed by atoms with Gasteiger partial charge in [-0.25, -0.2) is 9.67 Å². The van der Waals surface area contributed by atoms with Crippen LogP contribution >= 0.6 is 0 Å². The zero-order chi connectivity index (χ0) is 21.4. The molecule has 0 unspecified atom stereocenters. The smallest absolute Gasteiger partial charge is 0.291 e. The Labute approximate surface area is 179 Å². The van der Waals surface area contributed by atoms with Crippen LogP contribution in [0.25, 0.3) is 16.4 Å². The number of aromatic nitrogens is 4. The molecule has 4 heterocycles. The number of anilines is 1. The minimum Gasteiger partial charge on any atom is -0.353 e. The summed E-state index contributed by atoms with van der Waals surface area (Å²) in [6.07, 6.45) is 2.43. The Kier molecular flexibility index (Phi) is 4.89. The lowest BCUT2D eigenvalue weighted by Crippen LogP contribution is -2.50. The third kappa shape index (κ3) is 3.43. The number of aryl methyl sites for hydroxylation is 1. The van der Waals surface area contributed by atoms with Gasteiger partial charge in [0.2, 0.25) is 5.91 Å². The predicted molar refractivity (Wildman–Crippen MR) is 119 cm³/mol. The number of amides is 1. The number of para-hydroxylation sites is 1. The number of hydrogen-bond acceptors (Lipinski definition) is 5. The van der Waals surface area contributed by atoms with Crippen LogP contribution in [0, 0.1) is 0 Å². The second-order valence-corrected chi connectivity index (χ2v) is 7.71. The number of piperazine rings is 1. The van der Waals surface area contributed by atoms with E-state index in [2.05, 4.69) is 15.0 Å². The monoisotopic (exact) mass is 416 g/mol. The number of nitrogens with zero attached hydrogens (tertiary/aromatic N) is 6. The molecule has 1 fully saturated rings. The highest BCUT2D eigenvalue weighted by Gasteiger charge is 2.23. The van der Waals surface area contributed by atoms with E-state index in [9.17, 15) is 9.59 Å². The Morgan fingerprint density at radius 3 is 2.52 bits per heavy atom. The molecular weight excluding hydrogens is 392 g/mol. The first-order chi connectivity index (χ1) is 15.2. The fourth-order valence-corrected chi connectivity index (χ4v) is 4.24. The highest BCUT2D eigenvalue weighted by Crippen LogP contribution is 2.19. The molecule has 0 aliphatic carbocycles. The molecule has 158 valence electrons. The molecule has 1 saturated heterocycles. The molecule has 0 atom stereocenters. The number of pyridine rings is 1. The van der Waals surface area contributed by atoms with Crippen LogP contribution in [0.2, 0.25) is 0 Å². The molecule has 31 heavy (non-hydrogen) atoms. The van der Waals surface area contributed by atoms with Gasteiger partial charge in [0, 0.05) is 44.2 Å². The van der Waals surface area contributed by atoms with Crippen molar-refractivity contribution in [3.63, 3.8) is 0 Å². The highest BCUT2D eigenvalue weighted by atomic mass is 16.2. The SMILES string of the molecule is CCc1nn(CC(=O)N2CCN(c3ccccn3)CC2)c(=O)c2cc3ccccc3n12. The first-order valence-corrected chi connectivity index (χ1v) is 10.6. The van der Waals surface area contributed by atoms with Crippen LogP contribution < -0.4 is 10.5 Å². The number of hydrogen-bond donors (Lipinski definition) is 0. The van der Waals surface area contributed by atoms with Gasteiger partial charge in [0.25, 0.3) is 5.56 Å². The fourth-order valence-electron chi connectivity index (χ4n) is 4.24. The number of rotatable bonds is 4. The summed E-state index contributed by atoms with van der Waals surface area (Å²) in [5, 5.41) is 5.53. The van der Waals surface area contributed by atoms with Crippen molar-refractivity contribution >= 4 is 28.1 Å². The van der Waals surface area contributed by atoms with Crippen molar-refractivity contribution in [3.05, 3.63) is 70.9 Å². The van der Waals surface area contributed by atoms with Crippen molar-refractivity contribution in [2.45, 2.75) is 19.9 Å². The normalized spacial score (nSPS) is 14.5. The van der Waals surface area contributed by atoms with Crippen LogP contribution in [0.4, 0.5) is 5.82 Å². The topological polar surface area (TPSA) is 75.7 Å². The molecule has 0 N–H and O–H groups in total. The molecule has 8 heteroatoms. The van der Waals surface area contributed by atoms with Crippen LogP contribution in [-0.2, 0) is 17.8 Å². The second-order valence-electron chi connectivity index (χ2n) is 7.71. The Balaban J connectivity index is 1.38. The van der Waals surface area contributed by atoms with Gasteiger partial charge in [-0.3, -0.25) is 14.0 Å². The Morgan fingerprint density at radius 2 is 1.77 bits per heavy atom. The summed E-state index contributed by atoms with van der Waals surface area (Å²) in [6, 6.07) is 15.6. The maximum absolute atomic E-state index is 13.1. The summed E-state index contributed by atoms with van der Waals surface area (Å²) in [7, 11) is 0. The van der Waals surface area contributed by atoms with E-state index in [1.165, 1.54) is 4.68 Å². The third-order valence-electron chi connectivity index (χ3n) is 5.87. The molecule has 3 aromatic heterocycles. The molecule has 0 saturated carbocycles. The molecule has 5 rings (SSSR count). The summed E-state index contributed by atoms with van der Waals surface area (Å²) in [6.45, 7) is 4.59. The van der Waals surface area contributed by atoms with E-state index < -0.39 is 0 Å². The van der Waals surface area contributed by atoms with Gasteiger partial charge < -0.3 is 9.80 Å². The maximum atomic E-state index is 13.1. The standard InChI is InChI=1S/C23H24N6O2/c1-2-20-25-28(23(31)19-15-17-7-3-4-8-18(17)29(19)20)16-22(30)27-13-11-26(12-14-27)21-9-5-6-10-24-21/h3-10,15H,2,11-14,16H2,1H3. The largest absolute Gasteiger partial charge is 0.353 e. The molecule has 4 aromatic rings. The minimum atomic E-state index is -0.242. The zero-order valence-corrected chi connectivity index (χ0v) is 17.4. The van der Waals surface area contributed by atoms with Crippen molar-refractivity contribution in [2.75, 3.05) is 31.1 Å². The molecule has 1 aliphatic heterocycles. The summed E-state index contributed by atoms with van der Waals surface area (Å²) >= 11 is 0. The zero-order valence-electron chi connectivity index (χ0n) is 17.4. The number of benzene rings is 1. The van der Waals surface area contributed by atoms with Crippen LogP contribution in [0.15, 0.2) is 59.5 Å². The van der Waals surface area contributed by atoms with Crippen molar-refractivity contribution in [2.24, 2.45) is 0 Å². The van der Waals surface area contributed by atoms with Crippen molar-refractivity contribution in [1.82, 2.24) is 24.1 Å². The summed E-state index contributed by atoms with van der Waals surface area (Å²) < 4.78 is 3.23. The summed E-state index contributed by atoms with van der Waals surface area (Å²) in [4.78, 5) is 34.4. The molecule has 0 radical (unpaired) electrons. The minimum absolute atomic E-state index is 0.0482. The van der Waals surface area contributed by atoms with E-state index in [1.54, 1.807) is 11.1 Å². The number of carbonyl (C=O) groups excluding carboxylic acids is 1. The van der Waals surface area contributed by atoms with E-state index in [1.807, 2.05) is 59.9 Å². The Bertz CT molecular complexity index is 1300. The third-order valence-corrected chi connectivity index (χ3v) is 5.87. The Hall–Kier alpha value is -3.68. The van der Waals surface area contributed by atoms with Crippen molar-refractivity contribution in [1.29, 1.82) is 0 Å². The number of carbonyl (C=O) groups is 1. The van der Waals surface area contributed by atoms with Gasteiger partial charge >= 0.3 is 0 Å². The van der Waals surface area contributed by atoms with Gasteiger partial charge in [0.1, 0.15) is 23.7 Å². The fraction of sp³-hybridized carbons (Fsp3) is 0.304. The Morgan fingerprint density at radius 1 is 1.00 bits per heavy atom. The summed E-state index contributed by atoms with van der Waals surface area (Å²) in [5.41, 5.74) is 1.28. The quantitative estimate of drug-likeness (QED) is 0.508. The lowest BCUT2D eigenvalue weighted by atomic mass is 10.2. The van der Waals surface area contributed by atoms with E-state index >= 15 is 0 Å². The van der Waals surface area contributed by atoms with Crippen LogP contribution in [0.3, 0.4) is 0 Å². The van der Waals surface area contributed by atoms with Gasteiger partial charge in [0.15, 0.2) is 0 Å². The second kappa shape index (κ2) is 7.86. The average Bonchev–Trinajstić information content (AvgIpc) is 3.22.